The molecule has 0 saturated heterocycles. The SMILES string of the molecule is COc1ccc(NC(=O)c2c(-c3ccnc(F)c3F)c3oc2c2c3[C@H]2C)cn1. The van der Waals surface area contributed by atoms with Crippen LogP contribution in [0.15, 0.2) is 35.0 Å². The Bertz CT molecular complexity index is 1230. The maximum atomic E-state index is 14.4. The van der Waals surface area contributed by atoms with Gasteiger partial charge >= 0.3 is 0 Å². The molecule has 2 bridgehead atoms. The Labute approximate surface area is 157 Å². The van der Waals surface area contributed by atoms with Crippen molar-refractivity contribution in [2.24, 2.45) is 0 Å². The number of hydrogen-bond acceptors (Lipinski definition) is 5. The summed E-state index contributed by atoms with van der Waals surface area (Å²) < 4.78 is 38.9. The Morgan fingerprint density at radius 3 is 2.68 bits per heavy atom. The molecule has 0 spiro atoms. The third-order valence-electron chi connectivity index (χ3n) is 5.02. The highest BCUT2D eigenvalue weighted by atomic mass is 19.2. The number of amides is 1. The Morgan fingerprint density at radius 2 is 1.96 bits per heavy atom. The summed E-state index contributed by atoms with van der Waals surface area (Å²) in [6, 6.07) is 4.57. The zero-order chi connectivity index (χ0) is 19.6. The summed E-state index contributed by atoms with van der Waals surface area (Å²) in [7, 11) is 1.49. The second-order valence-corrected chi connectivity index (χ2v) is 6.57. The number of pyridine rings is 2. The number of halogens is 2. The van der Waals surface area contributed by atoms with Crippen LogP contribution in [0.5, 0.6) is 5.88 Å². The van der Waals surface area contributed by atoms with Crippen molar-refractivity contribution in [2.45, 2.75) is 12.8 Å². The van der Waals surface area contributed by atoms with Gasteiger partial charge < -0.3 is 14.5 Å². The van der Waals surface area contributed by atoms with E-state index in [2.05, 4.69) is 15.3 Å². The van der Waals surface area contributed by atoms with E-state index < -0.39 is 17.7 Å². The van der Waals surface area contributed by atoms with Crippen LogP contribution in [-0.2, 0) is 0 Å². The minimum absolute atomic E-state index is 0.0545. The van der Waals surface area contributed by atoms with Crippen molar-refractivity contribution in [3.8, 4) is 17.0 Å². The van der Waals surface area contributed by atoms with E-state index in [1.165, 1.54) is 19.4 Å². The van der Waals surface area contributed by atoms with Gasteiger partial charge in [-0.3, -0.25) is 4.79 Å². The molecule has 0 radical (unpaired) electrons. The predicted octanol–water partition coefficient (Wildman–Crippen LogP) is 4.33. The highest BCUT2D eigenvalue weighted by Gasteiger charge is 2.44. The largest absolute Gasteiger partial charge is 0.481 e. The van der Waals surface area contributed by atoms with Crippen LogP contribution in [0.1, 0.15) is 34.3 Å². The number of hydrogen-bond donors (Lipinski definition) is 1. The molecule has 0 aliphatic heterocycles. The van der Waals surface area contributed by atoms with Gasteiger partial charge in [0.2, 0.25) is 11.8 Å². The normalized spacial score (nSPS) is 14.9. The molecule has 1 aliphatic rings. The maximum absolute atomic E-state index is 14.4. The first-order chi connectivity index (χ1) is 13.5. The molecule has 8 heteroatoms. The average Bonchev–Trinajstić information content (AvgIpc) is 3.06. The number of methoxy groups -OCH3 is 1. The van der Waals surface area contributed by atoms with Crippen molar-refractivity contribution in [2.75, 3.05) is 12.4 Å². The van der Waals surface area contributed by atoms with Crippen molar-refractivity contribution >= 4 is 22.8 Å². The van der Waals surface area contributed by atoms with Gasteiger partial charge in [0.1, 0.15) is 11.2 Å². The van der Waals surface area contributed by atoms with Crippen LogP contribution in [0, 0.1) is 11.8 Å². The molecular weight excluding hydrogens is 368 g/mol. The molecule has 4 aromatic heterocycles. The first kappa shape index (κ1) is 16.6. The zero-order valence-electron chi connectivity index (χ0n) is 14.8. The standard InChI is InChI=1S/C20H13F2N3O3/c1-8-12-13(8)18-15(20(26)25-9-3-4-11(27-2)24-7-9)14(17(12)28-18)10-5-6-23-19(22)16(10)21/h3-8H,1-2H3,(H,25,26)/t8-/m1/s1. The summed E-state index contributed by atoms with van der Waals surface area (Å²) in [5, 5.41) is 2.72. The number of nitrogens with one attached hydrogen (secondary N) is 1. The molecule has 28 heavy (non-hydrogen) atoms. The lowest BCUT2D eigenvalue weighted by atomic mass is 9.99. The van der Waals surface area contributed by atoms with Crippen LogP contribution in [0.2, 0.25) is 0 Å². The summed E-state index contributed by atoms with van der Waals surface area (Å²) in [6.45, 7) is 1.97. The Kier molecular flexibility index (Phi) is 3.39. The number of ether oxygens (including phenoxy) is 1. The molecule has 4 aromatic rings. The number of fused-ring (bicyclic) bond motifs is 5. The van der Waals surface area contributed by atoms with Gasteiger partial charge in [-0.25, -0.2) is 14.4 Å². The summed E-state index contributed by atoms with van der Waals surface area (Å²) in [6.07, 6.45) is 2.60. The molecule has 0 fully saturated rings. The lowest BCUT2D eigenvalue weighted by molar-refractivity contribution is 0.102. The minimum Gasteiger partial charge on any atom is -0.481 e. The fourth-order valence-electron chi connectivity index (χ4n) is 3.64. The van der Waals surface area contributed by atoms with Crippen molar-refractivity contribution < 1.29 is 22.7 Å². The van der Waals surface area contributed by atoms with Gasteiger partial charge in [-0.15, -0.1) is 0 Å². The van der Waals surface area contributed by atoms with Crippen molar-refractivity contribution in [3.05, 3.63) is 59.0 Å². The zero-order valence-corrected chi connectivity index (χ0v) is 14.8. The number of carbonyl (C=O) groups is 1. The molecule has 6 nitrogen and oxygen atoms in total. The minimum atomic E-state index is -1.23. The van der Waals surface area contributed by atoms with E-state index in [0.717, 1.165) is 17.3 Å². The highest BCUT2D eigenvalue weighted by Crippen LogP contribution is 2.58. The second kappa shape index (κ2) is 5.72. The first-order valence-corrected chi connectivity index (χ1v) is 8.54. The molecule has 1 N–H and O–H groups in total. The molecule has 4 heterocycles. The number of carbonyl (C=O) groups excluding carboxylic acids is 1. The highest BCUT2D eigenvalue weighted by molar-refractivity contribution is 6.19. The summed E-state index contributed by atoms with van der Waals surface area (Å²) >= 11 is 0. The Balaban J connectivity index is 1.62. The van der Waals surface area contributed by atoms with Crippen LogP contribution >= 0.6 is 0 Å². The Morgan fingerprint density at radius 1 is 1.18 bits per heavy atom. The van der Waals surface area contributed by atoms with E-state index in [1.807, 2.05) is 6.92 Å². The number of benzene rings is 1. The number of anilines is 1. The van der Waals surface area contributed by atoms with Gasteiger partial charge in [-0.1, -0.05) is 6.92 Å². The molecule has 140 valence electrons. The first-order valence-electron chi connectivity index (χ1n) is 8.54. The smallest absolute Gasteiger partial charge is 0.260 e. The van der Waals surface area contributed by atoms with Gasteiger partial charge in [0, 0.05) is 40.4 Å². The van der Waals surface area contributed by atoms with Gasteiger partial charge in [-0.05, 0) is 12.1 Å². The third kappa shape index (κ3) is 2.20. The lowest BCUT2D eigenvalue weighted by Gasteiger charge is -2.08. The molecule has 1 amide bonds. The maximum Gasteiger partial charge on any atom is 0.260 e. The Hall–Kier alpha value is -3.55. The second-order valence-electron chi connectivity index (χ2n) is 6.57. The van der Waals surface area contributed by atoms with Crippen LogP contribution in [-0.4, -0.2) is 23.0 Å². The molecule has 0 unspecified atom stereocenters. The fraction of sp³-hybridized carbons (Fsp3) is 0.150. The molecular formula is C20H13F2N3O3. The summed E-state index contributed by atoms with van der Waals surface area (Å²) in [5.74, 6) is -2.29. The van der Waals surface area contributed by atoms with E-state index in [9.17, 15) is 13.6 Å². The topological polar surface area (TPSA) is 77.2 Å². The predicted molar refractivity (Wildman–Crippen MR) is 96.8 cm³/mol. The average molecular weight is 381 g/mol. The molecule has 0 aromatic carbocycles. The van der Waals surface area contributed by atoms with Gasteiger partial charge in [0.05, 0.1) is 24.6 Å². The number of furan rings is 2. The van der Waals surface area contributed by atoms with Crippen molar-refractivity contribution in [1.82, 2.24) is 9.97 Å². The van der Waals surface area contributed by atoms with E-state index in [4.69, 9.17) is 9.15 Å². The van der Waals surface area contributed by atoms with Gasteiger partial charge in [0.25, 0.3) is 5.91 Å². The van der Waals surface area contributed by atoms with Gasteiger partial charge in [0.15, 0.2) is 5.82 Å². The lowest BCUT2D eigenvalue weighted by Crippen LogP contribution is -2.13. The van der Waals surface area contributed by atoms with Crippen LogP contribution in [0.3, 0.4) is 0 Å². The molecule has 1 aliphatic carbocycles. The van der Waals surface area contributed by atoms with E-state index in [1.54, 1.807) is 12.1 Å². The van der Waals surface area contributed by atoms with Crippen LogP contribution in [0.25, 0.3) is 22.3 Å². The molecule has 0 saturated carbocycles. The number of aromatic nitrogens is 2. The van der Waals surface area contributed by atoms with E-state index in [-0.39, 0.29) is 22.6 Å². The van der Waals surface area contributed by atoms with Crippen LogP contribution < -0.4 is 10.1 Å². The number of nitrogens with zero attached hydrogens (tertiary/aromatic N) is 2. The van der Waals surface area contributed by atoms with Crippen LogP contribution in [0.4, 0.5) is 14.5 Å². The third-order valence-corrected chi connectivity index (χ3v) is 5.02. The van der Waals surface area contributed by atoms with E-state index in [0.29, 0.717) is 22.7 Å². The molecule has 5 rings (SSSR count). The van der Waals surface area contributed by atoms with Gasteiger partial charge in [-0.2, -0.15) is 4.39 Å². The van der Waals surface area contributed by atoms with Crippen molar-refractivity contribution in [3.63, 3.8) is 0 Å². The summed E-state index contributed by atoms with van der Waals surface area (Å²) in [5.41, 5.74) is 3.50. The fourth-order valence-corrected chi connectivity index (χ4v) is 3.64. The molecule has 1 atom stereocenters. The quantitative estimate of drug-likeness (QED) is 0.533. The summed E-state index contributed by atoms with van der Waals surface area (Å²) in [4.78, 5) is 20.4. The number of rotatable bonds is 4. The monoisotopic (exact) mass is 381 g/mol. The van der Waals surface area contributed by atoms with E-state index >= 15 is 0 Å². The van der Waals surface area contributed by atoms with Crippen molar-refractivity contribution in [1.29, 1.82) is 0 Å².